The molecule has 3 aromatic rings. The molecule has 0 atom stereocenters. The number of nitrogens with zero attached hydrogens (tertiary/aromatic N) is 7. The Bertz CT molecular complexity index is 1100. The van der Waals surface area contributed by atoms with Gasteiger partial charge in [-0.3, -0.25) is 18.9 Å². The average molecular weight is 395 g/mol. The summed E-state index contributed by atoms with van der Waals surface area (Å²) in [5.74, 6) is 6.76. The Morgan fingerprint density at radius 3 is 2.71 bits per heavy atom. The Balaban J connectivity index is 1.85. The molecule has 0 aromatic carbocycles. The van der Waals surface area contributed by atoms with Crippen LogP contribution in [0.15, 0.2) is 33.6 Å². The Morgan fingerprint density at radius 2 is 2.00 bits per heavy atom. The van der Waals surface area contributed by atoms with Crippen molar-refractivity contribution in [1.29, 1.82) is 0 Å². The Kier molecular flexibility index (Phi) is 5.30. The maximum atomic E-state index is 13.2. The Labute approximate surface area is 167 Å². The van der Waals surface area contributed by atoms with Crippen LogP contribution in [0.4, 0.5) is 5.95 Å². The summed E-state index contributed by atoms with van der Waals surface area (Å²) in [4.78, 5) is 33.1. The monoisotopic (exact) mass is 395 g/mol. The highest BCUT2D eigenvalue weighted by molar-refractivity contribution is 7.99. The molecule has 144 valence electrons. The van der Waals surface area contributed by atoms with E-state index in [1.54, 1.807) is 37.1 Å². The van der Waals surface area contributed by atoms with E-state index in [0.717, 1.165) is 31.9 Å². The first-order valence-corrected chi connectivity index (χ1v) is 10.1. The minimum atomic E-state index is -0.134. The number of imidazole rings is 1. The van der Waals surface area contributed by atoms with E-state index in [1.807, 2.05) is 4.57 Å². The molecule has 0 N–H and O–H groups in total. The van der Waals surface area contributed by atoms with Gasteiger partial charge < -0.3 is 4.90 Å². The van der Waals surface area contributed by atoms with Crippen molar-refractivity contribution in [3.63, 3.8) is 0 Å². The van der Waals surface area contributed by atoms with E-state index in [2.05, 4.69) is 31.7 Å². The van der Waals surface area contributed by atoms with Gasteiger partial charge in [-0.15, -0.1) is 5.92 Å². The molecule has 9 heteroatoms. The maximum absolute atomic E-state index is 13.2. The second-order valence-corrected chi connectivity index (χ2v) is 7.54. The summed E-state index contributed by atoms with van der Waals surface area (Å²) in [6.07, 6.45) is 8.36. The van der Waals surface area contributed by atoms with Gasteiger partial charge in [0, 0.05) is 32.5 Å². The highest BCUT2D eigenvalue weighted by Crippen LogP contribution is 2.26. The second-order valence-electron chi connectivity index (χ2n) is 6.55. The molecule has 28 heavy (non-hydrogen) atoms. The lowest BCUT2D eigenvalue weighted by Gasteiger charge is -2.27. The van der Waals surface area contributed by atoms with Crippen LogP contribution in [0.25, 0.3) is 11.2 Å². The third-order valence-electron chi connectivity index (χ3n) is 4.71. The van der Waals surface area contributed by atoms with Crippen LogP contribution in [-0.4, -0.2) is 42.2 Å². The predicted octanol–water partition coefficient (Wildman–Crippen LogP) is 2.08. The van der Waals surface area contributed by atoms with E-state index in [1.165, 1.54) is 18.2 Å². The van der Waals surface area contributed by atoms with Gasteiger partial charge in [-0.1, -0.05) is 5.92 Å². The van der Waals surface area contributed by atoms with Crippen LogP contribution in [-0.2, 0) is 13.6 Å². The van der Waals surface area contributed by atoms with Crippen molar-refractivity contribution in [2.75, 3.05) is 18.0 Å². The Morgan fingerprint density at radius 1 is 1.18 bits per heavy atom. The molecule has 0 radical (unpaired) electrons. The lowest BCUT2D eigenvalue weighted by molar-refractivity contribution is 0.561. The lowest BCUT2D eigenvalue weighted by Crippen LogP contribution is -2.32. The minimum absolute atomic E-state index is 0.134. The van der Waals surface area contributed by atoms with Gasteiger partial charge in [0.2, 0.25) is 5.95 Å². The zero-order chi connectivity index (χ0) is 19.5. The molecule has 4 heterocycles. The molecule has 3 aromatic heterocycles. The first-order valence-electron chi connectivity index (χ1n) is 9.24. The van der Waals surface area contributed by atoms with E-state index in [4.69, 9.17) is 4.98 Å². The summed E-state index contributed by atoms with van der Waals surface area (Å²) in [6.45, 7) is 4.09. The molecular weight excluding hydrogens is 374 g/mol. The van der Waals surface area contributed by atoms with Crippen LogP contribution < -0.4 is 10.5 Å². The van der Waals surface area contributed by atoms with Gasteiger partial charge in [-0.05, 0) is 37.9 Å². The molecule has 1 saturated heterocycles. The molecular formula is C19H21N7OS. The molecule has 0 bridgehead atoms. The molecule has 1 aliphatic rings. The molecule has 0 amide bonds. The van der Waals surface area contributed by atoms with Gasteiger partial charge >= 0.3 is 0 Å². The highest BCUT2D eigenvalue weighted by Gasteiger charge is 2.23. The summed E-state index contributed by atoms with van der Waals surface area (Å²) < 4.78 is 3.45. The van der Waals surface area contributed by atoms with Gasteiger partial charge in [0.05, 0.1) is 12.7 Å². The summed E-state index contributed by atoms with van der Waals surface area (Å²) in [6, 6.07) is 0. The van der Waals surface area contributed by atoms with E-state index in [9.17, 15) is 4.79 Å². The summed E-state index contributed by atoms with van der Waals surface area (Å²) >= 11 is 1.30. The normalized spacial score (nSPS) is 14.1. The number of hydrogen-bond donors (Lipinski definition) is 0. The van der Waals surface area contributed by atoms with Gasteiger partial charge in [-0.25, -0.2) is 9.97 Å². The van der Waals surface area contributed by atoms with Gasteiger partial charge in [0.25, 0.3) is 5.56 Å². The number of aromatic nitrogens is 6. The number of hydrogen-bond acceptors (Lipinski definition) is 7. The zero-order valence-electron chi connectivity index (χ0n) is 15.9. The van der Waals surface area contributed by atoms with Crippen molar-refractivity contribution in [3.8, 4) is 11.8 Å². The lowest BCUT2D eigenvalue weighted by atomic mass is 10.1. The standard InChI is InChI=1S/C19H21N7OS/c1-3-4-12-26-15-16(22-18(26)25-10-6-5-7-11-25)23-19(24(2)17(15)27)28-14-13-20-8-9-21-14/h8-9,13H,5-7,10-12H2,1-2H3. The molecule has 0 aliphatic carbocycles. The van der Waals surface area contributed by atoms with E-state index in [0.29, 0.717) is 27.9 Å². The van der Waals surface area contributed by atoms with E-state index < -0.39 is 0 Å². The van der Waals surface area contributed by atoms with Crippen LogP contribution in [0, 0.1) is 11.8 Å². The van der Waals surface area contributed by atoms with Crippen LogP contribution in [0.5, 0.6) is 0 Å². The van der Waals surface area contributed by atoms with Crippen molar-refractivity contribution in [3.05, 3.63) is 28.9 Å². The van der Waals surface area contributed by atoms with Crippen molar-refractivity contribution in [2.24, 2.45) is 7.05 Å². The smallest absolute Gasteiger partial charge is 0.280 e. The molecule has 0 spiro atoms. The van der Waals surface area contributed by atoms with Crippen LogP contribution in [0.3, 0.4) is 0 Å². The molecule has 0 saturated carbocycles. The average Bonchev–Trinajstić information content (AvgIpc) is 3.10. The first-order chi connectivity index (χ1) is 13.7. The fraction of sp³-hybridized carbons (Fsp3) is 0.421. The minimum Gasteiger partial charge on any atom is -0.342 e. The first kappa shape index (κ1) is 18.5. The molecule has 4 rings (SSSR count). The van der Waals surface area contributed by atoms with Gasteiger partial charge in [-0.2, -0.15) is 4.98 Å². The van der Waals surface area contributed by atoms with Crippen molar-refractivity contribution in [2.45, 2.75) is 42.9 Å². The molecule has 0 unspecified atom stereocenters. The molecule has 8 nitrogen and oxygen atoms in total. The topological polar surface area (TPSA) is 81.7 Å². The van der Waals surface area contributed by atoms with Crippen molar-refractivity contribution in [1.82, 2.24) is 29.1 Å². The summed E-state index contributed by atoms with van der Waals surface area (Å²) in [7, 11) is 1.72. The fourth-order valence-corrected chi connectivity index (χ4v) is 4.06. The van der Waals surface area contributed by atoms with E-state index in [-0.39, 0.29) is 5.56 Å². The number of fused-ring (bicyclic) bond motifs is 1. The van der Waals surface area contributed by atoms with Crippen LogP contribution >= 0.6 is 11.8 Å². The molecule has 1 aliphatic heterocycles. The third kappa shape index (κ3) is 3.47. The fourth-order valence-electron chi connectivity index (χ4n) is 3.30. The quantitative estimate of drug-likeness (QED) is 0.494. The van der Waals surface area contributed by atoms with Crippen LogP contribution in [0.2, 0.25) is 0 Å². The van der Waals surface area contributed by atoms with Gasteiger partial charge in [0.15, 0.2) is 16.3 Å². The number of anilines is 1. The predicted molar refractivity (Wildman–Crippen MR) is 108 cm³/mol. The Hall–Kier alpha value is -2.86. The van der Waals surface area contributed by atoms with Crippen molar-refractivity contribution < 1.29 is 0 Å². The number of piperidine rings is 1. The molecule has 1 fully saturated rings. The van der Waals surface area contributed by atoms with Gasteiger partial charge in [0.1, 0.15) is 5.03 Å². The zero-order valence-corrected chi connectivity index (χ0v) is 16.7. The van der Waals surface area contributed by atoms with Crippen molar-refractivity contribution >= 4 is 28.9 Å². The number of rotatable bonds is 4. The SMILES string of the molecule is CC#CCn1c(N2CCCCC2)nc2nc(Sc3cnccn3)n(C)c(=O)c21. The second kappa shape index (κ2) is 8.02. The highest BCUT2D eigenvalue weighted by atomic mass is 32.2. The summed E-state index contributed by atoms with van der Waals surface area (Å²) in [5, 5.41) is 1.21. The summed E-state index contributed by atoms with van der Waals surface area (Å²) in [5.41, 5.74) is 0.812. The third-order valence-corrected chi connectivity index (χ3v) is 5.68. The maximum Gasteiger partial charge on any atom is 0.280 e. The van der Waals surface area contributed by atoms with Crippen LogP contribution in [0.1, 0.15) is 26.2 Å². The largest absolute Gasteiger partial charge is 0.342 e. The van der Waals surface area contributed by atoms with E-state index >= 15 is 0 Å².